The van der Waals surface area contributed by atoms with Crippen molar-refractivity contribution in [1.29, 1.82) is 0 Å². The first-order valence-electron chi connectivity index (χ1n) is 10.8. The number of rotatable bonds is 7. The highest BCUT2D eigenvalue weighted by molar-refractivity contribution is 6.03. The predicted molar refractivity (Wildman–Crippen MR) is 119 cm³/mol. The van der Waals surface area contributed by atoms with Crippen molar-refractivity contribution in [3.63, 3.8) is 0 Å². The molecule has 4 atom stereocenters. The van der Waals surface area contributed by atoms with Crippen molar-refractivity contribution in [1.82, 2.24) is 5.32 Å². The second kappa shape index (κ2) is 7.98. The van der Waals surface area contributed by atoms with E-state index in [4.69, 9.17) is 14.2 Å². The zero-order valence-electron chi connectivity index (χ0n) is 18.1. The molecule has 2 aromatic carbocycles. The molecule has 0 unspecified atom stereocenters. The van der Waals surface area contributed by atoms with Crippen LogP contribution in [0.3, 0.4) is 0 Å². The fraction of sp³-hybridized carbons (Fsp3) is 0.360. The largest absolute Gasteiger partial charge is 0.493 e. The molecule has 32 heavy (non-hydrogen) atoms. The Balaban J connectivity index is 1.27. The number of fused-ring (bicyclic) bond motifs is 1. The van der Waals surface area contributed by atoms with Gasteiger partial charge in [-0.3, -0.25) is 9.59 Å². The van der Waals surface area contributed by atoms with Crippen LogP contribution in [0.4, 0.5) is 5.69 Å². The number of nitrogens with zero attached hydrogens (tertiary/aromatic N) is 1. The topological polar surface area (TPSA) is 77.1 Å². The monoisotopic (exact) mass is 434 g/mol. The van der Waals surface area contributed by atoms with E-state index in [1.54, 1.807) is 19.1 Å². The summed E-state index contributed by atoms with van der Waals surface area (Å²) in [6, 6.07) is 15.2. The van der Waals surface area contributed by atoms with E-state index in [-0.39, 0.29) is 17.9 Å². The molecule has 0 saturated carbocycles. The average molecular weight is 434 g/mol. The van der Waals surface area contributed by atoms with Crippen LogP contribution >= 0.6 is 0 Å². The molecule has 1 spiro atoms. The molecule has 2 bridgehead atoms. The quantitative estimate of drug-likeness (QED) is 0.677. The van der Waals surface area contributed by atoms with Gasteiger partial charge in [-0.2, -0.15) is 0 Å². The summed E-state index contributed by atoms with van der Waals surface area (Å²) >= 11 is 0. The number of amides is 2. The molecule has 7 heteroatoms. The van der Waals surface area contributed by atoms with Gasteiger partial charge in [0, 0.05) is 12.2 Å². The van der Waals surface area contributed by atoms with Gasteiger partial charge in [-0.1, -0.05) is 36.4 Å². The fourth-order valence-corrected chi connectivity index (χ4v) is 5.11. The molecule has 2 amide bonds. The molecule has 3 aliphatic rings. The highest BCUT2D eigenvalue weighted by atomic mass is 16.5. The van der Waals surface area contributed by atoms with Crippen molar-refractivity contribution in [2.75, 3.05) is 32.2 Å². The molecule has 5 rings (SSSR count). The number of anilines is 1. The third kappa shape index (κ3) is 3.24. The summed E-state index contributed by atoms with van der Waals surface area (Å²) in [6.07, 6.45) is 4.18. The third-order valence-electron chi connectivity index (χ3n) is 6.63. The molecular weight excluding hydrogens is 408 g/mol. The first-order chi connectivity index (χ1) is 15.6. The lowest BCUT2D eigenvalue weighted by Crippen LogP contribution is -2.44. The molecule has 2 aromatic rings. The van der Waals surface area contributed by atoms with Crippen LogP contribution in [0.2, 0.25) is 0 Å². The zero-order chi connectivity index (χ0) is 22.3. The lowest BCUT2D eigenvalue weighted by molar-refractivity contribution is -0.131. The van der Waals surface area contributed by atoms with Crippen molar-refractivity contribution in [3.8, 4) is 11.5 Å². The van der Waals surface area contributed by atoms with Crippen LogP contribution in [-0.2, 0) is 20.7 Å². The summed E-state index contributed by atoms with van der Waals surface area (Å²) < 4.78 is 16.8. The van der Waals surface area contributed by atoms with Gasteiger partial charge in [-0.25, -0.2) is 0 Å². The summed E-state index contributed by atoms with van der Waals surface area (Å²) in [5.41, 5.74) is 1.13. The van der Waals surface area contributed by atoms with E-state index in [2.05, 4.69) is 5.32 Å². The molecule has 166 valence electrons. The van der Waals surface area contributed by atoms with Gasteiger partial charge < -0.3 is 24.4 Å². The van der Waals surface area contributed by atoms with E-state index >= 15 is 0 Å². The SMILES string of the molecule is COc1ccc(CCNC(=O)[C@@H]2[C@H]3C(=O)N(c4ccccc4)C[C@]34C=C[C@H]2O4)cc1OC. The van der Waals surface area contributed by atoms with E-state index in [1.807, 2.05) is 60.7 Å². The highest BCUT2D eigenvalue weighted by Gasteiger charge is 2.66. The Kier molecular flexibility index (Phi) is 5.13. The maximum absolute atomic E-state index is 13.3. The molecule has 0 radical (unpaired) electrons. The summed E-state index contributed by atoms with van der Waals surface area (Å²) in [7, 11) is 3.19. The maximum atomic E-state index is 13.3. The van der Waals surface area contributed by atoms with E-state index in [0.29, 0.717) is 31.0 Å². The van der Waals surface area contributed by atoms with Gasteiger partial charge in [0.25, 0.3) is 0 Å². The number of hydrogen-bond acceptors (Lipinski definition) is 5. The van der Waals surface area contributed by atoms with Gasteiger partial charge >= 0.3 is 0 Å². The van der Waals surface area contributed by atoms with Crippen LogP contribution in [-0.4, -0.2) is 50.8 Å². The van der Waals surface area contributed by atoms with Gasteiger partial charge in [-0.15, -0.1) is 0 Å². The summed E-state index contributed by atoms with van der Waals surface area (Å²) in [6.45, 7) is 0.889. The van der Waals surface area contributed by atoms with Crippen LogP contribution in [0.15, 0.2) is 60.7 Å². The lowest BCUT2D eigenvalue weighted by Gasteiger charge is -2.23. The molecule has 2 fully saturated rings. The molecular formula is C25H26N2O5. The Hall–Kier alpha value is -3.32. The van der Waals surface area contributed by atoms with Gasteiger partial charge in [0.15, 0.2) is 11.5 Å². The number of benzene rings is 2. The maximum Gasteiger partial charge on any atom is 0.234 e. The number of nitrogens with one attached hydrogen (secondary N) is 1. The van der Waals surface area contributed by atoms with E-state index < -0.39 is 17.4 Å². The van der Waals surface area contributed by atoms with Crippen LogP contribution in [0.1, 0.15) is 5.56 Å². The van der Waals surface area contributed by atoms with E-state index in [0.717, 1.165) is 11.3 Å². The second-order valence-electron chi connectivity index (χ2n) is 8.39. The summed E-state index contributed by atoms with van der Waals surface area (Å²) in [5.74, 6) is 0.102. The minimum absolute atomic E-state index is 0.0527. The molecule has 3 heterocycles. The van der Waals surface area contributed by atoms with Crippen molar-refractivity contribution in [3.05, 3.63) is 66.2 Å². The first kappa shape index (κ1) is 20.6. The second-order valence-corrected chi connectivity index (χ2v) is 8.39. The Morgan fingerprint density at radius 3 is 2.69 bits per heavy atom. The minimum atomic E-state index is -0.719. The molecule has 1 N–H and O–H groups in total. The smallest absolute Gasteiger partial charge is 0.234 e. The van der Waals surface area contributed by atoms with Crippen molar-refractivity contribution >= 4 is 17.5 Å². The van der Waals surface area contributed by atoms with Crippen LogP contribution < -0.4 is 19.7 Å². The Morgan fingerprint density at radius 2 is 1.94 bits per heavy atom. The normalized spacial score (nSPS) is 27.5. The van der Waals surface area contributed by atoms with Crippen LogP contribution in [0.5, 0.6) is 11.5 Å². The molecule has 7 nitrogen and oxygen atoms in total. The third-order valence-corrected chi connectivity index (χ3v) is 6.63. The number of hydrogen-bond donors (Lipinski definition) is 1. The van der Waals surface area contributed by atoms with Crippen molar-refractivity contribution < 1.29 is 23.8 Å². The summed E-state index contributed by atoms with van der Waals surface area (Å²) in [4.78, 5) is 28.2. The molecule has 0 aromatic heterocycles. The van der Waals surface area contributed by atoms with Gasteiger partial charge in [0.2, 0.25) is 11.8 Å². The average Bonchev–Trinajstić information content (AvgIpc) is 3.47. The zero-order valence-corrected chi connectivity index (χ0v) is 18.1. The number of carbonyl (C=O) groups excluding carboxylic acids is 2. The van der Waals surface area contributed by atoms with Gasteiger partial charge in [-0.05, 0) is 36.2 Å². The minimum Gasteiger partial charge on any atom is -0.493 e. The number of carbonyl (C=O) groups is 2. The molecule has 3 aliphatic heterocycles. The Bertz CT molecular complexity index is 1070. The van der Waals surface area contributed by atoms with E-state index in [1.165, 1.54) is 0 Å². The molecule has 2 saturated heterocycles. The summed E-state index contributed by atoms with van der Waals surface area (Å²) in [5, 5.41) is 3.01. The van der Waals surface area contributed by atoms with Crippen molar-refractivity contribution in [2.45, 2.75) is 18.1 Å². The Labute approximate surface area is 186 Å². The number of ether oxygens (including phenoxy) is 3. The van der Waals surface area contributed by atoms with Gasteiger partial charge in [0.1, 0.15) is 5.60 Å². The van der Waals surface area contributed by atoms with Crippen LogP contribution in [0.25, 0.3) is 0 Å². The number of para-hydroxylation sites is 1. The van der Waals surface area contributed by atoms with E-state index in [9.17, 15) is 9.59 Å². The first-order valence-corrected chi connectivity index (χ1v) is 10.8. The standard InChI is InChI=1S/C25H26N2O5/c1-30-18-9-8-16(14-20(18)31-2)11-13-26-23(28)21-19-10-12-25(32-19)15-27(24(29)22(21)25)17-6-4-3-5-7-17/h3-10,12,14,19,21-22H,11,13,15H2,1-2H3,(H,26,28)/t19-,21+,22+,25-/m1/s1. The predicted octanol–water partition coefficient (Wildman–Crippen LogP) is 2.35. The molecule has 0 aliphatic carbocycles. The highest BCUT2D eigenvalue weighted by Crippen LogP contribution is 2.52. The lowest BCUT2D eigenvalue weighted by atomic mass is 9.77. The van der Waals surface area contributed by atoms with Gasteiger partial charge in [0.05, 0.1) is 38.7 Å². The van der Waals surface area contributed by atoms with Crippen LogP contribution in [0, 0.1) is 11.8 Å². The number of methoxy groups -OCH3 is 2. The van der Waals surface area contributed by atoms with Crippen molar-refractivity contribution in [2.24, 2.45) is 11.8 Å². The Morgan fingerprint density at radius 1 is 1.16 bits per heavy atom. The fourth-order valence-electron chi connectivity index (χ4n) is 5.11.